The Balaban J connectivity index is 1.90. The Morgan fingerprint density at radius 3 is 2.70 bits per heavy atom. The lowest BCUT2D eigenvalue weighted by molar-refractivity contribution is -0.0424. The summed E-state index contributed by atoms with van der Waals surface area (Å²) in [5.41, 5.74) is 0.603. The number of nitrogens with zero attached hydrogens (tertiary/aromatic N) is 1. The molecule has 2 nitrogen and oxygen atoms in total. The zero-order chi connectivity index (χ0) is 14.2. The number of carbonyl (C=O) groups excluding carboxylic acids is 1. The molecule has 0 radical (unpaired) electrons. The van der Waals surface area contributed by atoms with Crippen molar-refractivity contribution in [2.75, 3.05) is 0 Å². The van der Waals surface area contributed by atoms with Gasteiger partial charge in [-0.3, -0.25) is 9.78 Å². The third-order valence-electron chi connectivity index (χ3n) is 4.04. The maximum atomic E-state index is 13.2. The first kappa shape index (κ1) is 13.2. The first-order chi connectivity index (χ1) is 9.57. The minimum Gasteiger partial charge on any atom is -0.294 e. The lowest BCUT2D eigenvalue weighted by Gasteiger charge is -2.27. The molecular weight excluding hydrogens is 260 g/mol. The van der Waals surface area contributed by atoms with E-state index in [0.29, 0.717) is 5.56 Å². The van der Waals surface area contributed by atoms with Crippen LogP contribution >= 0.6 is 0 Å². The lowest BCUT2D eigenvalue weighted by Crippen LogP contribution is -2.28. The number of rotatable bonds is 2. The van der Waals surface area contributed by atoms with Crippen molar-refractivity contribution in [1.82, 2.24) is 4.98 Å². The summed E-state index contributed by atoms with van der Waals surface area (Å²) in [6.45, 7) is 0. The highest BCUT2D eigenvalue weighted by molar-refractivity contribution is 6.08. The Labute approximate surface area is 115 Å². The number of alkyl halides is 2. The van der Waals surface area contributed by atoms with Gasteiger partial charge in [0.15, 0.2) is 5.78 Å². The van der Waals surface area contributed by atoms with Gasteiger partial charge in [0.1, 0.15) is 0 Å². The van der Waals surface area contributed by atoms with Crippen molar-refractivity contribution in [3.8, 4) is 0 Å². The second kappa shape index (κ2) is 4.93. The minimum atomic E-state index is -2.60. The molecule has 4 heteroatoms. The maximum Gasteiger partial charge on any atom is 0.248 e. The largest absolute Gasteiger partial charge is 0.294 e. The maximum absolute atomic E-state index is 13.2. The molecule has 1 aliphatic carbocycles. The number of aromatic nitrogens is 1. The van der Waals surface area contributed by atoms with Crippen LogP contribution in [0.4, 0.5) is 8.78 Å². The number of hydrogen-bond donors (Lipinski definition) is 0. The van der Waals surface area contributed by atoms with E-state index >= 15 is 0 Å². The van der Waals surface area contributed by atoms with Gasteiger partial charge in [-0.15, -0.1) is 0 Å². The van der Waals surface area contributed by atoms with E-state index in [2.05, 4.69) is 4.98 Å². The Kier molecular flexibility index (Phi) is 3.24. The number of hydrogen-bond acceptors (Lipinski definition) is 2. The van der Waals surface area contributed by atoms with Gasteiger partial charge in [-0.1, -0.05) is 18.2 Å². The van der Waals surface area contributed by atoms with E-state index in [9.17, 15) is 13.6 Å². The summed E-state index contributed by atoms with van der Waals surface area (Å²) in [7, 11) is 0. The molecule has 1 heterocycles. The van der Waals surface area contributed by atoms with Crippen LogP contribution in [0.1, 0.15) is 36.0 Å². The number of halogens is 2. The summed E-state index contributed by atoms with van der Waals surface area (Å²) < 4.78 is 26.4. The molecule has 1 fully saturated rings. The summed E-state index contributed by atoms with van der Waals surface area (Å²) in [6, 6.07) is 7.36. The second-order valence-corrected chi connectivity index (χ2v) is 5.40. The molecule has 0 bridgehead atoms. The summed E-state index contributed by atoms with van der Waals surface area (Å²) in [5.74, 6) is -2.92. The monoisotopic (exact) mass is 275 g/mol. The van der Waals surface area contributed by atoms with Gasteiger partial charge in [-0.05, 0) is 24.3 Å². The summed E-state index contributed by atoms with van der Waals surface area (Å²) in [5, 5.41) is 1.75. The number of ketones is 1. The van der Waals surface area contributed by atoms with Crippen LogP contribution in [0.15, 0.2) is 36.7 Å². The Morgan fingerprint density at radius 2 is 1.95 bits per heavy atom. The second-order valence-electron chi connectivity index (χ2n) is 5.40. The number of pyridine rings is 1. The molecular formula is C16H15F2NO. The molecule has 20 heavy (non-hydrogen) atoms. The van der Waals surface area contributed by atoms with Crippen LogP contribution in [-0.2, 0) is 0 Å². The van der Waals surface area contributed by atoms with E-state index in [4.69, 9.17) is 0 Å². The third kappa shape index (κ3) is 2.42. The molecule has 0 saturated heterocycles. The van der Waals surface area contributed by atoms with Crippen molar-refractivity contribution in [2.45, 2.75) is 31.6 Å². The highest BCUT2D eigenvalue weighted by Gasteiger charge is 2.37. The van der Waals surface area contributed by atoms with Crippen LogP contribution in [0.2, 0.25) is 0 Å². The molecule has 3 rings (SSSR count). The molecule has 0 spiro atoms. The van der Waals surface area contributed by atoms with E-state index in [-0.39, 0.29) is 37.4 Å². The van der Waals surface area contributed by atoms with E-state index in [1.165, 1.54) is 0 Å². The summed E-state index contributed by atoms with van der Waals surface area (Å²) >= 11 is 0. The molecule has 1 aliphatic rings. The van der Waals surface area contributed by atoms with Gasteiger partial charge in [-0.25, -0.2) is 8.78 Å². The molecule has 0 N–H and O–H groups in total. The predicted octanol–water partition coefficient (Wildman–Crippen LogP) is 4.24. The number of benzene rings is 1. The predicted molar refractivity (Wildman–Crippen MR) is 73.0 cm³/mol. The van der Waals surface area contributed by atoms with Crippen LogP contribution in [0.3, 0.4) is 0 Å². The van der Waals surface area contributed by atoms with E-state index in [1.54, 1.807) is 18.5 Å². The van der Waals surface area contributed by atoms with Gasteiger partial charge in [-0.2, -0.15) is 0 Å². The molecule has 1 saturated carbocycles. The average Bonchev–Trinajstić information content (AvgIpc) is 2.46. The fourth-order valence-electron chi connectivity index (χ4n) is 2.85. The highest BCUT2D eigenvalue weighted by atomic mass is 19.3. The fourth-order valence-corrected chi connectivity index (χ4v) is 2.85. The van der Waals surface area contributed by atoms with Crippen molar-refractivity contribution >= 4 is 16.6 Å². The smallest absolute Gasteiger partial charge is 0.248 e. The van der Waals surface area contributed by atoms with Gasteiger partial charge in [0, 0.05) is 42.1 Å². The van der Waals surface area contributed by atoms with Crippen molar-refractivity contribution in [1.29, 1.82) is 0 Å². The number of Topliss-reactive ketones (excluding diaryl/α,β-unsaturated/α-hetero) is 1. The molecule has 0 atom stereocenters. The SMILES string of the molecule is O=C(c1cccc2ccncc12)C1CCC(F)(F)CC1. The quantitative estimate of drug-likeness (QED) is 0.767. The molecule has 0 aliphatic heterocycles. The Morgan fingerprint density at radius 1 is 1.20 bits per heavy atom. The van der Waals surface area contributed by atoms with E-state index < -0.39 is 5.92 Å². The number of carbonyl (C=O) groups is 1. The van der Waals surface area contributed by atoms with Crippen LogP contribution < -0.4 is 0 Å². The van der Waals surface area contributed by atoms with Gasteiger partial charge in [0.05, 0.1) is 0 Å². The van der Waals surface area contributed by atoms with E-state index in [1.807, 2.05) is 18.2 Å². The standard InChI is InChI=1S/C16H15F2NO/c17-16(18)7-4-12(5-8-16)15(20)13-3-1-2-11-6-9-19-10-14(11)13/h1-3,6,9-10,12H,4-5,7-8H2. The first-order valence-electron chi connectivity index (χ1n) is 6.82. The zero-order valence-corrected chi connectivity index (χ0v) is 11.0. The van der Waals surface area contributed by atoms with Crippen molar-refractivity contribution in [3.63, 3.8) is 0 Å². The minimum absolute atomic E-state index is 0.0286. The van der Waals surface area contributed by atoms with Crippen LogP contribution in [0.5, 0.6) is 0 Å². The van der Waals surface area contributed by atoms with Gasteiger partial charge in [0.2, 0.25) is 5.92 Å². The molecule has 2 aromatic rings. The van der Waals surface area contributed by atoms with Crippen molar-refractivity contribution in [3.05, 3.63) is 42.2 Å². The normalized spacial score (nSPS) is 19.1. The first-order valence-corrected chi connectivity index (χ1v) is 6.82. The van der Waals surface area contributed by atoms with Crippen LogP contribution in [0, 0.1) is 5.92 Å². The van der Waals surface area contributed by atoms with Gasteiger partial charge in [0.25, 0.3) is 0 Å². The molecule has 104 valence electrons. The zero-order valence-electron chi connectivity index (χ0n) is 11.0. The fraction of sp³-hybridized carbons (Fsp3) is 0.375. The Bertz CT molecular complexity index is 638. The molecule has 1 aromatic carbocycles. The van der Waals surface area contributed by atoms with Crippen LogP contribution in [0.25, 0.3) is 10.8 Å². The lowest BCUT2D eigenvalue weighted by atomic mass is 9.81. The van der Waals surface area contributed by atoms with Gasteiger partial charge < -0.3 is 0 Å². The topological polar surface area (TPSA) is 30.0 Å². The third-order valence-corrected chi connectivity index (χ3v) is 4.04. The number of fused-ring (bicyclic) bond motifs is 1. The average molecular weight is 275 g/mol. The summed E-state index contributed by atoms with van der Waals surface area (Å²) in [6.07, 6.45) is 3.50. The molecule has 1 aromatic heterocycles. The molecule has 0 unspecified atom stereocenters. The van der Waals surface area contributed by atoms with Crippen molar-refractivity contribution < 1.29 is 13.6 Å². The highest BCUT2D eigenvalue weighted by Crippen LogP contribution is 2.38. The van der Waals surface area contributed by atoms with Crippen LogP contribution in [-0.4, -0.2) is 16.7 Å². The van der Waals surface area contributed by atoms with E-state index in [0.717, 1.165) is 10.8 Å². The summed E-state index contributed by atoms with van der Waals surface area (Å²) in [4.78, 5) is 16.6. The van der Waals surface area contributed by atoms with Crippen molar-refractivity contribution in [2.24, 2.45) is 5.92 Å². The van der Waals surface area contributed by atoms with Gasteiger partial charge >= 0.3 is 0 Å². The Hall–Kier alpha value is -1.84. The molecule has 0 amide bonds.